The molecule has 9 heteroatoms. The van der Waals surface area contributed by atoms with Crippen LogP contribution >= 0.6 is 85.4 Å². The van der Waals surface area contributed by atoms with Crippen molar-refractivity contribution in [3.63, 3.8) is 0 Å². The van der Waals surface area contributed by atoms with Crippen molar-refractivity contribution in [3.8, 4) is 0 Å². The Morgan fingerprint density at radius 3 is 1.92 bits per heavy atom. The first kappa shape index (κ1) is 20.8. The number of aryl methyl sites for hydroxylation is 1. The number of aromatic nitrogens is 2. The van der Waals surface area contributed by atoms with Gasteiger partial charge in [0.15, 0.2) is 7.05 Å². The number of thiol groups is 4. The quantitative estimate of drug-likeness (QED) is 0.209. The Morgan fingerprint density at radius 2 is 1.38 bits per heavy atom. The molecule has 0 aliphatic rings. The highest BCUT2D eigenvalue weighted by atomic mass is 32.2. The minimum absolute atomic E-state index is 0.867. The number of benzene rings is 2. The first-order chi connectivity index (χ1) is 12.4. The lowest BCUT2D eigenvalue weighted by Crippen LogP contribution is -2.31. The minimum Gasteiger partial charge on any atom is -0.142 e. The van der Waals surface area contributed by atoms with Gasteiger partial charge in [-0.25, -0.2) is 0 Å². The number of hydrogen-bond acceptors (Lipinski definition) is 8. The number of thioether (sulfide) groups is 2. The average molecular weight is 474 g/mol. The predicted molar refractivity (Wildman–Crippen MR) is 124 cm³/mol. The van der Waals surface area contributed by atoms with E-state index in [1.54, 1.807) is 34.9 Å². The van der Waals surface area contributed by atoms with Gasteiger partial charge >= 0.3 is 4.34 Å². The maximum atomic E-state index is 4.63. The maximum absolute atomic E-state index is 4.63. The molecule has 0 saturated heterocycles. The molecule has 1 aromatic heterocycles. The molecule has 3 aromatic rings. The van der Waals surface area contributed by atoms with Crippen molar-refractivity contribution in [2.75, 3.05) is 0 Å². The zero-order valence-electron chi connectivity index (χ0n) is 13.8. The standard InChI is InChI=1S/C17H16N2S7/c1-19-17(25-9-11-3-5-13(21)15(23)7-11)26-16(18-19)24-8-10-2-4-12(20)14(22)6-10/h2-7H,8-9H2,1H3,(H3-,20,21,22,23)/p+1. The van der Waals surface area contributed by atoms with Gasteiger partial charge < -0.3 is 0 Å². The van der Waals surface area contributed by atoms with Crippen molar-refractivity contribution >= 4 is 85.4 Å². The predicted octanol–water partition coefficient (Wildman–Crippen LogP) is 5.71. The van der Waals surface area contributed by atoms with Crippen molar-refractivity contribution in [2.45, 2.75) is 39.8 Å². The molecule has 0 N–H and O–H groups in total. The summed E-state index contributed by atoms with van der Waals surface area (Å²) in [6.07, 6.45) is 0. The lowest BCUT2D eigenvalue weighted by atomic mass is 10.2. The molecule has 0 aliphatic heterocycles. The van der Waals surface area contributed by atoms with Crippen LogP contribution in [0.3, 0.4) is 0 Å². The van der Waals surface area contributed by atoms with Crippen LogP contribution in [0.1, 0.15) is 11.1 Å². The second kappa shape index (κ2) is 9.54. The highest BCUT2D eigenvalue weighted by Crippen LogP contribution is 2.32. The largest absolute Gasteiger partial charge is 0.325 e. The second-order valence-electron chi connectivity index (χ2n) is 5.48. The second-order valence-corrected chi connectivity index (χ2v) is 10.8. The van der Waals surface area contributed by atoms with E-state index in [4.69, 9.17) is 0 Å². The summed E-state index contributed by atoms with van der Waals surface area (Å²) in [7, 11) is 1.99. The lowest BCUT2D eigenvalue weighted by Gasteiger charge is -2.02. The molecule has 0 amide bonds. The summed E-state index contributed by atoms with van der Waals surface area (Å²) in [6.45, 7) is 0. The van der Waals surface area contributed by atoms with Gasteiger partial charge in [0.1, 0.15) is 0 Å². The van der Waals surface area contributed by atoms with Crippen LogP contribution in [0.15, 0.2) is 64.7 Å². The topological polar surface area (TPSA) is 16.8 Å². The van der Waals surface area contributed by atoms with Crippen molar-refractivity contribution in [2.24, 2.45) is 7.05 Å². The molecule has 0 spiro atoms. The molecule has 0 bridgehead atoms. The van der Waals surface area contributed by atoms with Gasteiger partial charge in [-0.05, 0) is 58.5 Å². The first-order valence-corrected chi connectivity index (χ1v) is 12.1. The zero-order chi connectivity index (χ0) is 18.7. The molecular weight excluding hydrogens is 457 g/mol. The summed E-state index contributed by atoms with van der Waals surface area (Å²) in [5.41, 5.74) is 2.45. The number of nitrogens with zero attached hydrogens (tertiary/aromatic N) is 2. The van der Waals surface area contributed by atoms with Gasteiger partial charge in [0, 0.05) is 36.2 Å². The molecule has 0 fully saturated rings. The summed E-state index contributed by atoms with van der Waals surface area (Å²) in [5.74, 6) is 1.75. The Hall–Kier alpha value is 0.1000. The SMILES string of the molecule is C[n+]1nc(SCc2ccc(S)c(S)c2)sc1SCc1ccc(S)c(S)c1. The molecule has 3 rings (SSSR count). The number of rotatable bonds is 6. The van der Waals surface area contributed by atoms with E-state index < -0.39 is 0 Å². The molecule has 0 unspecified atom stereocenters. The zero-order valence-corrected chi connectivity index (χ0v) is 19.8. The fourth-order valence-corrected chi connectivity index (χ4v) is 6.16. The average Bonchev–Trinajstić information content (AvgIpc) is 2.97. The van der Waals surface area contributed by atoms with E-state index in [2.05, 4.69) is 79.9 Å². The molecule has 0 aliphatic carbocycles. The molecule has 0 atom stereocenters. The van der Waals surface area contributed by atoms with E-state index in [-0.39, 0.29) is 0 Å². The van der Waals surface area contributed by atoms with Crippen molar-refractivity contribution in [3.05, 3.63) is 47.5 Å². The monoisotopic (exact) mass is 473 g/mol. The Labute approximate surface area is 188 Å². The van der Waals surface area contributed by atoms with Crippen LogP contribution in [0.5, 0.6) is 0 Å². The van der Waals surface area contributed by atoms with Crippen molar-refractivity contribution in [1.82, 2.24) is 5.10 Å². The lowest BCUT2D eigenvalue weighted by molar-refractivity contribution is -0.760. The molecule has 2 aromatic carbocycles. The molecule has 0 radical (unpaired) electrons. The van der Waals surface area contributed by atoms with Gasteiger partial charge in [-0.1, -0.05) is 28.6 Å². The summed E-state index contributed by atoms with van der Waals surface area (Å²) >= 11 is 22.8. The van der Waals surface area contributed by atoms with E-state index in [9.17, 15) is 0 Å². The Morgan fingerprint density at radius 1 is 0.846 bits per heavy atom. The van der Waals surface area contributed by atoms with E-state index in [1.807, 2.05) is 23.9 Å². The van der Waals surface area contributed by atoms with Crippen LogP contribution < -0.4 is 4.68 Å². The molecule has 136 valence electrons. The van der Waals surface area contributed by atoms with Crippen LogP contribution in [0.25, 0.3) is 0 Å². The third-order valence-corrected chi connectivity index (χ3v) is 9.04. The van der Waals surface area contributed by atoms with Crippen LogP contribution in [0.2, 0.25) is 0 Å². The minimum atomic E-state index is 0.867. The summed E-state index contributed by atoms with van der Waals surface area (Å²) in [4.78, 5) is 3.62. The van der Waals surface area contributed by atoms with E-state index in [0.717, 1.165) is 35.4 Å². The molecule has 2 nitrogen and oxygen atoms in total. The van der Waals surface area contributed by atoms with Crippen LogP contribution in [0, 0.1) is 0 Å². The van der Waals surface area contributed by atoms with E-state index in [1.165, 1.54) is 15.5 Å². The fraction of sp³-hybridized carbons (Fsp3) is 0.176. The third-order valence-electron chi connectivity index (χ3n) is 3.47. The van der Waals surface area contributed by atoms with Gasteiger partial charge in [-0.2, -0.15) is 0 Å². The van der Waals surface area contributed by atoms with Crippen molar-refractivity contribution < 1.29 is 4.68 Å². The molecular formula is C17H17N2S7+. The summed E-state index contributed by atoms with van der Waals surface area (Å²) < 4.78 is 4.20. The van der Waals surface area contributed by atoms with Crippen LogP contribution in [0.4, 0.5) is 0 Å². The molecule has 26 heavy (non-hydrogen) atoms. The normalized spacial score (nSPS) is 11.1. The maximum Gasteiger partial charge on any atom is 0.325 e. The summed E-state index contributed by atoms with van der Waals surface area (Å²) in [6, 6.07) is 12.3. The molecule has 1 heterocycles. The van der Waals surface area contributed by atoms with Crippen LogP contribution in [-0.4, -0.2) is 5.10 Å². The van der Waals surface area contributed by atoms with Gasteiger partial charge in [0.25, 0.3) is 0 Å². The Balaban J connectivity index is 1.61. The highest BCUT2D eigenvalue weighted by molar-refractivity contribution is 8.02. The van der Waals surface area contributed by atoms with Gasteiger partial charge in [-0.3, -0.25) is 0 Å². The van der Waals surface area contributed by atoms with Crippen molar-refractivity contribution in [1.29, 1.82) is 0 Å². The van der Waals surface area contributed by atoms with E-state index >= 15 is 0 Å². The van der Waals surface area contributed by atoms with Gasteiger partial charge in [0.2, 0.25) is 4.34 Å². The Kier molecular flexibility index (Phi) is 7.64. The van der Waals surface area contributed by atoms with Gasteiger partial charge in [0.05, 0.1) is 0 Å². The summed E-state index contributed by atoms with van der Waals surface area (Å²) in [5, 5.41) is 4.63. The fourth-order valence-electron chi connectivity index (χ4n) is 2.11. The molecule has 0 saturated carbocycles. The first-order valence-electron chi connectivity index (χ1n) is 7.57. The van der Waals surface area contributed by atoms with Gasteiger partial charge in [-0.15, -0.1) is 50.5 Å². The third kappa shape index (κ3) is 5.56. The Bertz CT molecular complexity index is 923. The number of hydrogen-bond donors (Lipinski definition) is 4. The highest BCUT2D eigenvalue weighted by Gasteiger charge is 2.17. The van der Waals surface area contributed by atoms with E-state index in [0.29, 0.717) is 0 Å². The van der Waals surface area contributed by atoms with Crippen LogP contribution in [-0.2, 0) is 18.6 Å². The smallest absolute Gasteiger partial charge is 0.142 e.